The first-order chi connectivity index (χ1) is 51.1. The molecule has 412 valence electrons. The second kappa shape index (κ2) is 20.9. The molecule has 10 nitrogen and oxygen atoms in total. The summed E-state index contributed by atoms with van der Waals surface area (Å²) in [5.41, 5.74) is 5.20. The van der Waals surface area contributed by atoms with Crippen LogP contribution in [0.3, 0.4) is 0 Å². The van der Waals surface area contributed by atoms with Gasteiger partial charge in [-0.05, 0) is 84.7 Å². The van der Waals surface area contributed by atoms with E-state index in [9.17, 15) is 11.0 Å². The Morgan fingerprint density at radius 3 is 0.943 bits per heavy atom. The van der Waals surface area contributed by atoms with Gasteiger partial charge >= 0.3 is 0 Å². The van der Waals surface area contributed by atoms with Gasteiger partial charge in [-0.1, -0.05) is 194 Å². The fraction of sp³-hybridized carbons (Fsp3) is 0. The summed E-state index contributed by atoms with van der Waals surface area (Å²) in [6.45, 7) is 0. The summed E-state index contributed by atoms with van der Waals surface area (Å²) in [6.07, 6.45) is 0. The van der Waals surface area contributed by atoms with Crippen LogP contribution in [0.15, 0.2) is 300 Å². The van der Waals surface area contributed by atoms with Crippen molar-refractivity contribution >= 4 is 87.5 Å². The Morgan fingerprint density at radius 2 is 0.557 bits per heavy atom. The highest BCUT2D eigenvalue weighted by Crippen LogP contribution is 2.41. The normalized spacial score (nSPS) is 14.5. The van der Waals surface area contributed by atoms with E-state index in [1.165, 1.54) is 0 Å². The van der Waals surface area contributed by atoms with E-state index in [1.807, 2.05) is 158 Å². The van der Waals surface area contributed by atoms with Crippen LogP contribution >= 0.6 is 0 Å². The molecule has 0 amide bonds. The largest absolute Gasteiger partial charge is 0.456 e. The molecule has 10 heteroatoms. The summed E-state index contributed by atoms with van der Waals surface area (Å²) in [4.78, 5) is 27.0. The number of rotatable bonds is 8. The Hall–Kier alpha value is -12.1. The number of hydrogen-bond donors (Lipinski definition) is 0. The summed E-state index contributed by atoms with van der Waals surface area (Å²) >= 11 is 0. The predicted octanol–water partition coefficient (Wildman–Crippen LogP) is 19.7. The van der Waals surface area contributed by atoms with Gasteiger partial charge in [-0.25, -0.2) is 29.9 Å². The van der Waals surface area contributed by atoms with Gasteiger partial charge in [-0.2, -0.15) is 0 Å². The Bertz CT molecular complexity index is 6580. The summed E-state index contributed by atoms with van der Waals surface area (Å²) < 4.78 is 174. The van der Waals surface area contributed by atoms with Crippen molar-refractivity contribution in [2.24, 2.45) is 0 Å². The van der Waals surface area contributed by atoms with Crippen LogP contribution in [-0.2, 0) is 0 Å². The van der Waals surface area contributed by atoms with Crippen LogP contribution in [-0.4, -0.2) is 39.0 Å². The minimum atomic E-state index is -0.734. The van der Waals surface area contributed by atoms with E-state index in [2.05, 4.69) is 21.0 Å². The number of nitrogens with zero attached hydrogens (tertiary/aromatic N) is 8. The van der Waals surface area contributed by atoms with E-state index < -0.39 is 119 Å². The topological polar surface area (TPSA) is 113 Å². The first kappa shape index (κ1) is 35.2. The van der Waals surface area contributed by atoms with E-state index in [4.69, 9.17) is 37.5 Å². The lowest BCUT2D eigenvalue weighted by Crippen LogP contribution is -2.00. The molecule has 88 heavy (non-hydrogen) atoms. The van der Waals surface area contributed by atoms with Crippen molar-refractivity contribution in [2.45, 2.75) is 0 Å². The van der Waals surface area contributed by atoms with E-state index in [-0.39, 0.29) is 46.9 Å². The van der Waals surface area contributed by atoms with E-state index in [0.29, 0.717) is 44.9 Å². The van der Waals surface area contributed by atoms with Crippen molar-refractivity contribution in [2.75, 3.05) is 0 Å². The van der Waals surface area contributed by atoms with Crippen LogP contribution in [0.2, 0.25) is 0 Å². The molecule has 0 N–H and O–H groups in total. The highest BCUT2D eigenvalue weighted by Gasteiger charge is 2.20. The van der Waals surface area contributed by atoms with Gasteiger partial charge < -0.3 is 18.0 Å². The molecule has 0 aliphatic carbocycles. The maximum absolute atomic E-state index is 9.37. The number of para-hydroxylation sites is 4. The van der Waals surface area contributed by atoms with E-state index >= 15 is 0 Å². The molecule has 0 atom stereocenters. The highest BCUT2D eigenvalue weighted by molar-refractivity contribution is 6.19. The van der Waals surface area contributed by atoms with Crippen molar-refractivity contribution in [1.29, 1.82) is 0 Å². The van der Waals surface area contributed by atoms with Gasteiger partial charge in [0.1, 0.15) is 22.3 Å². The summed E-state index contributed by atoms with van der Waals surface area (Å²) in [6, 6.07) is 46.7. The van der Waals surface area contributed by atoms with Crippen LogP contribution in [0.5, 0.6) is 0 Å². The molecule has 0 aliphatic rings. The Kier molecular flexibility index (Phi) is 8.36. The van der Waals surface area contributed by atoms with Crippen molar-refractivity contribution in [1.82, 2.24) is 39.0 Å². The molecule has 0 bridgehead atoms. The van der Waals surface area contributed by atoms with Crippen molar-refractivity contribution in [3.8, 4) is 79.7 Å². The third-order valence-corrected chi connectivity index (χ3v) is 15.2. The zero-order valence-corrected chi connectivity index (χ0v) is 45.7. The number of fused-ring (bicyclic) bond motifs is 12. The monoisotopic (exact) mass is 1150 g/mol. The van der Waals surface area contributed by atoms with Crippen LogP contribution in [0.1, 0.15) is 24.7 Å². The van der Waals surface area contributed by atoms with Gasteiger partial charge in [-0.3, -0.25) is 0 Å². The molecule has 6 aromatic heterocycles. The van der Waals surface area contributed by atoms with Gasteiger partial charge in [-0.15, -0.1) is 0 Å². The molecular weight excluding hydrogens is 1080 g/mol. The standard InChI is InChI=1S/2C39H24N4O/c2*1-3-11-25(12-4-1)37-40-38(26-13-5-2-6-14-26)42-39(41-37)27-19-21-28(22-20-27)43-33-17-9-7-15-29(33)31-23-32-30-16-8-10-18-35(30)44-36(32)24-34(31)43/h2*1-24H/i1D,2D,3D,4D,5D,6D,11D,12D,13D,14D,19D,20D,21D,22D;19D,20D,21D,22D. The molecule has 0 saturated heterocycles. The van der Waals surface area contributed by atoms with Gasteiger partial charge in [0, 0.05) is 100.0 Å². The first-order valence-electron chi connectivity index (χ1n) is 36.8. The second-order valence-electron chi connectivity index (χ2n) is 20.4. The average Bonchev–Trinajstić information content (AvgIpc) is 1.55. The molecule has 0 unspecified atom stereocenters. The zero-order valence-electron chi connectivity index (χ0n) is 63.7. The van der Waals surface area contributed by atoms with Crippen LogP contribution < -0.4 is 0 Å². The van der Waals surface area contributed by atoms with E-state index in [1.54, 1.807) is 27.3 Å². The molecule has 0 spiro atoms. The van der Waals surface area contributed by atoms with Gasteiger partial charge in [0.15, 0.2) is 34.9 Å². The molecule has 0 fully saturated rings. The van der Waals surface area contributed by atoms with Crippen LogP contribution in [0.4, 0.5) is 0 Å². The number of benzene rings is 12. The third-order valence-electron chi connectivity index (χ3n) is 15.2. The molecule has 18 rings (SSSR count). The lowest BCUT2D eigenvalue weighted by Gasteiger charge is -2.10. The van der Waals surface area contributed by atoms with E-state index in [0.717, 1.165) is 65.3 Å². The minimum absolute atomic E-state index is 0.00551. The lowest BCUT2D eigenvalue weighted by molar-refractivity contribution is 0.669. The molecule has 6 heterocycles. The lowest BCUT2D eigenvalue weighted by atomic mass is 10.1. The summed E-state index contributed by atoms with van der Waals surface area (Å²) in [5.74, 6) is -0.954. The maximum atomic E-state index is 9.37. The van der Waals surface area contributed by atoms with Gasteiger partial charge in [0.25, 0.3) is 0 Å². The van der Waals surface area contributed by atoms with Crippen molar-refractivity contribution < 1.29 is 33.5 Å². The van der Waals surface area contributed by atoms with Gasteiger partial charge in [0.2, 0.25) is 0 Å². The molecule has 0 radical (unpaired) electrons. The smallest absolute Gasteiger partial charge is 0.164 e. The zero-order chi connectivity index (χ0) is 73.7. The number of hydrogen-bond acceptors (Lipinski definition) is 8. The fourth-order valence-corrected chi connectivity index (χ4v) is 11.3. The Labute approximate surface area is 528 Å². The second-order valence-corrected chi connectivity index (χ2v) is 20.4. The highest BCUT2D eigenvalue weighted by atomic mass is 16.3. The summed E-state index contributed by atoms with van der Waals surface area (Å²) in [7, 11) is 0. The predicted molar refractivity (Wildman–Crippen MR) is 356 cm³/mol. The molecular formula is C78H48N8O2. The van der Waals surface area contributed by atoms with Gasteiger partial charge in [0.05, 0.1) is 46.7 Å². The molecule has 0 aliphatic heterocycles. The molecule has 12 aromatic carbocycles. The fourth-order valence-electron chi connectivity index (χ4n) is 11.3. The minimum Gasteiger partial charge on any atom is -0.456 e. The Balaban J connectivity index is 0.000000159. The number of aromatic nitrogens is 8. The molecule has 18 aromatic rings. The SMILES string of the molecule is [2H]c1c([2H])c(-n2c3ccccc3c3cc4c(cc32)oc2ccccc24)c([2H])c([2H])c1-c1nc(-c2ccccc2)nc(-c2ccccc2)n1.[2H]c1c([2H])c([2H])c(-c2nc(-c3c([2H])c([2H])c([2H])c([2H])c3[2H])nc(-c3c([2H])c([2H])c(-n4c5ccccc5c5cc6c(cc54)oc4ccccc46)c([2H])c3[2H])n2)c([2H])c1[2H]. The van der Waals surface area contributed by atoms with Crippen molar-refractivity contribution in [3.05, 3.63) is 291 Å². The van der Waals surface area contributed by atoms with Crippen molar-refractivity contribution in [3.63, 3.8) is 0 Å². The maximum Gasteiger partial charge on any atom is 0.164 e. The van der Waals surface area contributed by atoms with Crippen LogP contribution in [0.25, 0.3) is 167 Å². The molecule has 0 saturated carbocycles. The average molecular weight is 1150 g/mol. The number of furan rings is 2. The third kappa shape index (κ3) is 8.74. The quantitative estimate of drug-likeness (QED) is 0.148. The summed E-state index contributed by atoms with van der Waals surface area (Å²) in [5, 5.41) is 7.10. The Morgan fingerprint density at radius 1 is 0.239 bits per heavy atom. The van der Waals surface area contributed by atoms with Crippen LogP contribution in [0, 0.1) is 0 Å². The first-order valence-corrected chi connectivity index (χ1v) is 27.8.